The molecule has 0 saturated heterocycles. The average Bonchev–Trinajstić information content (AvgIpc) is 2.57. The first-order valence-electron chi connectivity index (χ1n) is 7.58. The number of hydrogen-bond donors (Lipinski definition) is 2. The van der Waals surface area contributed by atoms with Crippen molar-refractivity contribution in [2.24, 2.45) is 0 Å². The molecule has 2 amide bonds. The molecule has 116 valence electrons. The Morgan fingerprint density at radius 1 is 1.05 bits per heavy atom. The van der Waals surface area contributed by atoms with E-state index in [-0.39, 0.29) is 12.1 Å². The highest BCUT2D eigenvalue weighted by Crippen LogP contribution is 2.24. The largest absolute Gasteiger partial charge is 0.393 e. The van der Waals surface area contributed by atoms with Crippen LogP contribution in [0, 0.1) is 0 Å². The van der Waals surface area contributed by atoms with Crippen molar-refractivity contribution in [1.82, 2.24) is 5.32 Å². The van der Waals surface area contributed by atoms with E-state index in [9.17, 15) is 9.90 Å². The summed E-state index contributed by atoms with van der Waals surface area (Å²) in [4.78, 5) is 14.2. The number of carbonyl (C=O) groups excluding carboxylic acids is 1. The van der Waals surface area contributed by atoms with Crippen molar-refractivity contribution in [3.05, 3.63) is 60.7 Å². The van der Waals surface area contributed by atoms with Crippen LogP contribution in [0.4, 0.5) is 16.2 Å². The molecular weight excluding hydrogens is 276 g/mol. The Hall–Kier alpha value is -2.33. The van der Waals surface area contributed by atoms with Gasteiger partial charge >= 0.3 is 6.03 Å². The number of hydrogen-bond acceptors (Lipinski definition) is 2. The number of anilines is 2. The average molecular weight is 298 g/mol. The van der Waals surface area contributed by atoms with E-state index in [0.29, 0.717) is 19.4 Å². The third kappa shape index (κ3) is 4.33. The van der Waals surface area contributed by atoms with Crippen LogP contribution in [0.1, 0.15) is 19.8 Å². The molecule has 0 aromatic heterocycles. The highest BCUT2D eigenvalue weighted by Gasteiger charge is 2.17. The van der Waals surface area contributed by atoms with Crippen molar-refractivity contribution >= 4 is 17.4 Å². The van der Waals surface area contributed by atoms with Crippen LogP contribution < -0.4 is 10.2 Å². The molecule has 1 unspecified atom stereocenters. The van der Waals surface area contributed by atoms with Crippen molar-refractivity contribution in [2.75, 3.05) is 11.4 Å². The maximum absolute atomic E-state index is 12.5. The SMILES string of the molecule is CCC(O)CCNC(=O)N(c1ccccc1)c1ccccc1. The van der Waals surface area contributed by atoms with E-state index < -0.39 is 0 Å². The molecule has 0 bridgehead atoms. The van der Waals surface area contributed by atoms with Crippen LogP contribution in [-0.4, -0.2) is 23.8 Å². The summed E-state index contributed by atoms with van der Waals surface area (Å²) in [6.45, 7) is 2.37. The molecule has 4 nitrogen and oxygen atoms in total. The van der Waals surface area contributed by atoms with Gasteiger partial charge in [-0.2, -0.15) is 0 Å². The molecule has 0 radical (unpaired) electrons. The Bertz CT molecular complexity index is 533. The molecule has 0 aliphatic heterocycles. The van der Waals surface area contributed by atoms with E-state index in [0.717, 1.165) is 11.4 Å². The Balaban J connectivity index is 2.13. The first-order valence-corrected chi connectivity index (χ1v) is 7.58. The van der Waals surface area contributed by atoms with Crippen LogP contribution in [0.2, 0.25) is 0 Å². The lowest BCUT2D eigenvalue weighted by Gasteiger charge is -2.23. The fraction of sp³-hybridized carbons (Fsp3) is 0.278. The monoisotopic (exact) mass is 298 g/mol. The molecule has 2 aromatic carbocycles. The number of amides is 2. The van der Waals surface area contributed by atoms with Gasteiger partial charge in [-0.1, -0.05) is 43.3 Å². The maximum atomic E-state index is 12.5. The molecule has 0 aliphatic rings. The van der Waals surface area contributed by atoms with Crippen molar-refractivity contribution in [1.29, 1.82) is 0 Å². The van der Waals surface area contributed by atoms with E-state index in [2.05, 4.69) is 5.32 Å². The van der Waals surface area contributed by atoms with Gasteiger partial charge in [0.25, 0.3) is 0 Å². The highest BCUT2D eigenvalue weighted by molar-refractivity contribution is 5.99. The van der Waals surface area contributed by atoms with E-state index in [1.807, 2.05) is 67.6 Å². The summed E-state index contributed by atoms with van der Waals surface area (Å²) in [7, 11) is 0. The summed E-state index contributed by atoms with van der Waals surface area (Å²) >= 11 is 0. The molecule has 1 atom stereocenters. The Labute approximate surface area is 131 Å². The Morgan fingerprint density at radius 3 is 2.00 bits per heavy atom. The number of rotatable bonds is 6. The van der Waals surface area contributed by atoms with Crippen molar-refractivity contribution in [3.63, 3.8) is 0 Å². The lowest BCUT2D eigenvalue weighted by molar-refractivity contribution is 0.160. The quantitative estimate of drug-likeness (QED) is 0.854. The third-order valence-corrected chi connectivity index (χ3v) is 3.46. The molecular formula is C18H22N2O2. The molecule has 4 heteroatoms. The second-order valence-corrected chi connectivity index (χ2v) is 5.09. The summed E-state index contributed by atoms with van der Waals surface area (Å²) in [5.74, 6) is 0. The normalized spacial score (nSPS) is 11.7. The van der Waals surface area contributed by atoms with Crippen molar-refractivity contribution in [2.45, 2.75) is 25.9 Å². The molecule has 2 N–H and O–H groups in total. The van der Waals surface area contributed by atoms with Gasteiger partial charge in [-0.05, 0) is 37.1 Å². The van der Waals surface area contributed by atoms with E-state index in [1.54, 1.807) is 4.90 Å². The number of benzene rings is 2. The molecule has 22 heavy (non-hydrogen) atoms. The number of aliphatic hydroxyl groups excluding tert-OH is 1. The van der Waals surface area contributed by atoms with Gasteiger partial charge in [0.15, 0.2) is 0 Å². The molecule has 0 saturated carbocycles. The Morgan fingerprint density at radius 2 is 1.55 bits per heavy atom. The summed E-state index contributed by atoms with van der Waals surface area (Å²) in [5.41, 5.74) is 1.62. The zero-order valence-corrected chi connectivity index (χ0v) is 12.8. The minimum atomic E-state index is -0.373. The van der Waals surface area contributed by atoms with Crippen LogP contribution in [0.5, 0.6) is 0 Å². The van der Waals surface area contributed by atoms with Gasteiger partial charge in [-0.15, -0.1) is 0 Å². The second kappa shape index (κ2) is 8.20. The molecule has 0 aliphatic carbocycles. The number of nitrogens with zero attached hydrogens (tertiary/aromatic N) is 1. The summed E-state index contributed by atoms with van der Waals surface area (Å²) in [6, 6.07) is 18.8. The van der Waals surface area contributed by atoms with E-state index >= 15 is 0 Å². The second-order valence-electron chi connectivity index (χ2n) is 5.09. The number of carbonyl (C=O) groups is 1. The van der Waals surface area contributed by atoms with Gasteiger partial charge in [-0.25, -0.2) is 4.79 Å². The third-order valence-electron chi connectivity index (χ3n) is 3.46. The molecule has 2 rings (SSSR count). The smallest absolute Gasteiger partial charge is 0.326 e. The highest BCUT2D eigenvalue weighted by atomic mass is 16.3. The zero-order chi connectivity index (χ0) is 15.8. The Kier molecular flexibility index (Phi) is 5.98. The minimum absolute atomic E-state index is 0.194. The van der Waals surface area contributed by atoms with Crippen molar-refractivity contribution in [3.8, 4) is 0 Å². The molecule has 2 aromatic rings. The van der Waals surface area contributed by atoms with Crippen LogP contribution in [0.15, 0.2) is 60.7 Å². The predicted octanol–water partition coefficient (Wildman–Crippen LogP) is 3.70. The van der Waals surface area contributed by atoms with Gasteiger partial charge in [0, 0.05) is 6.54 Å². The summed E-state index contributed by atoms with van der Waals surface area (Å²) in [5, 5.41) is 12.5. The fourth-order valence-electron chi connectivity index (χ4n) is 2.17. The maximum Gasteiger partial charge on any atom is 0.326 e. The lowest BCUT2D eigenvalue weighted by atomic mass is 10.2. The summed E-state index contributed by atoms with van der Waals surface area (Å²) in [6.07, 6.45) is 0.874. The van der Waals surface area contributed by atoms with Crippen LogP contribution in [0.3, 0.4) is 0 Å². The van der Waals surface area contributed by atoms with Gasteiger partial charge in [0.1, 0.15) is 0 Å². The van der Waals surface area contributed by atoms with Gasteiger partial charge in [0.05, 0.1) is 17.5 Å². The minimum Gasteiger partial charge on any atom is -0.393 e. The topological polar surface area (TPSA) is 52.6 Å². The van der Waals surface area contributed by atoms with Crippen LogP contribution in [0.25, 0.3) is 0 Å². The first kappa shape index (κ1) is 16.0. The van der Waals surface area contributed by atoms with Crippen LogP contribution >= 0.6 is 0 Å². The molecule has 0 heterocycles. The van der Waals surface area contributed by atoms with E-state index in [4.69, 9.17) is 0 Å². The number of aliphatic hydroxyl groups is 1. The first-order chi connectivity index (χ1) is 10.7. The van der Waals surface area contributed by atoms with Gasteiger partial charge < -0.3 is 10.4 Å². The van der Waals surface area contributed by atoms with Gasteiger partial charge in [0.2, 0.25) is 0 Å². The zero-order valence-electron chi connectivity index (χ0n) is 12.8. The standard InChI is InChI=1S/C18H22N2O2/c1-2-17(21)13-14-19-18(22)20(15-9-5-3-6-10-15)16-11-7-4-8-12-16/h3-12,17,21H,2,13-14H2,1H3,(H,19,22). The number of para-hydroxylation sites is 2. The van der Waals surface area contributed by atoms with Crippen LogP contribution in [-0.2, 0) is 0 Å². The fourth-order valence-corrected chi connectivity index (χ4v) is 2.17. The van der Waals surface area contributed by atoms with E-state index in [1.165, 1.54) is 0 Å². The molecule has 0 fully saturated rings. The van der Waals surface area contributed by atoms with Crippen molar-refractivity contribution < 1.29 is 9.90 Å². The predicted molar refractivity (Wildman–Crippen MR) is 89.3 cm³/mol. The number of nitrogens with one attached hydrogen (secondary N) is 1. The summed E-state index contributed by atoms with van der Waals surface area (Å²) < 4.78 is 0. The molecule has 0 spiro atoms. The van der Waals surface area contributed by atoms with Gasteiger partial charge in [-0.3, -0.25) is 4.90 Å². The lowest BCUT2D eigenvalue weighted by Crippen LogP contribution is -2.38. The number of urea groups is 1.